The second-order valence-corrected chi connectivity index (χ2v) is 4.87. The molecule has 0 atom stereocenters. The Morgan fingerprint density at radius 2 is 2.06 bits per heavy atom. The zero-order valence-corrected chi connectivity index (χ0v) is 11.5. The number of anilines is 1. The first-order chi connectivity index (χ1) is 8.47. The van der Waals surface area contributed by atoms with Crippen LogP contribution in [0.1, 0.15) is 16.8 Å². The molecular weight excluding hydrogens is 297 g/mol. The molecule has 1 aromatic carbocycles. The van der Waals surface area contributed by atoms with Gasteiger partial charge in [0.25, 0.3) is 0 Å². The fourth-order valence-electron chi connectivity index (χ4n) is 1.95. The second-order valence-electron chi connectivity index (χ2n) is 4.01. The molecule has 0 radical (unpaired) electrons. The van der Waals surface area contributed by atoms with Crippen molar-refractivity contribution in [2.75, 3.05) is 5.73 Å². The highest BCUT2D eigenvalue weighted by molar-refractivity contribution is 9.10. The first-order valence-electron chi connectivity index (χ1n) is 5.30. The number of aromatic nitrogens is 1. The Hall–Kier alpha value is -1.80. The molecule has 3 nitrogen and oxygen atoms in total. The Bertz CT molecular complexity index is 668. The number of hydrogen-bond acceptors (Lipinski definition) is 2. The number of nitriles is 1. The van der Waals surface area contributed by atoms with Crippen LogP contribution in [0.4, 0.5) is 10.2 Å². The highest BCUT2D eigenvalue weighted by Gasteiger charge is 2.17. The molecule has 18 heavy (non-hydrogen) atoms. The molecule has 2 N–H and O–H groups in total. The lowest BCUT2D eigenvalue weighted by atomic mass is 10.2. The predicted octanol–water partition coefficient (Wildman–Crippen LogP) is 3.45. The molecular formula is C13H11BrFN3. The van der Waals surface area contributed by atoms with Crippen LogP contribution in [0.15, 0.2) is 22.7 Å². The minimum atomic E-state index is -0.328. The van der Waals surface area contributed by atoms with E-state index >= 15 is 0 Å². The highest BCUT2D eigenvalue weighted by Crippen LogP contribution is 2.31. The fourth-order valence-corrected chi connectivity index (χ4v) is 2.48. The molecule has 0 unspecified atom stereocenters. The molecule has 0 saturated carbocycles. The van der Waals surface area contributed by atoms with Gasteiger partial charge >= 0.3 is 0 Å². The molecule has 0 saturated heterocycles. The summed E-state index contributed by atoms with van der Waals surface area (Å²) in [5, 5.41) is 9.08. The normalized spacial score (nSPS) is 10.4. The van der Waals surface area contributed by atoms with Crippen molar-refractivity contribution in [1.29, 1.82) is 5.26 Å². The number of halogens is 2. The first-order valence-corrected chi connectivity index (χ1v) is 6.09. The maximum Gasteiger partial charge on any atom is 0.126 e. The summed E-state index contributed by atoms with van der Waals surface area (Å²) in [6.07, 6.45) is 0. The largest absolute Gasteiger partial charge is 0.384 e. The summed E-state index contributed by atoms with van der Waals surface area (Å²) < 4.78 is 15.4. The third-order valence-corrected chi connectivity index (χ3v) is 3.65. The van der Waals surface area contributed by atoms with E-state index in [9.17, 15) is 4.39 Å². The summed E-state index contributed by atoms with van der Waals surface area (Å²) in [5.74, 6) is 0.0473. The van der Waals surface area contributed by atoms with Gasteiger partial charge in [-0.1, -0.05) is 0 Å². The second kappa shape index (κ2) is 4.46. The van der Waals surface area contributed by atoms with Crippen molar-refractivity contribution in [3.63, 3.8) is 0 Å². The van der Waals surface area contributed by atoms with Crippen LogP contribution in [0.25, 0.3) is 5.69 Å². The van der Waals surface area contributed by atoms with Crippen molar-refractivity contribution in [3.05, 3.63) is 45.3 Å². The molecule has 0 amide bonds. The van der Waals surface area contributed by atoms with Crippen molar-refractivity contribution >= 4 is 21.7 Å². The van der Waals surface area contributed by atoms with Gasteiger partial charge in [0.15, 0.2) is 0 Å². The van der Waals surface area contributed by atoms with Crippen molar-refractivity contribution < 1.29 is 4.39 Å². The smallest absolute Gasteiger partial charge is 0.126 e. The van der Waals surface area contributed by atoms with Crippen LogP contribution in [0, 0.1) is 31.0 Å². The zero-order valence-electron chi connectivity index (χ0n) is 9.96. The highest BCUT2D eigenvalue weighted by atomic mass is 79.9. The van der Waals surface area contributed by atoms with E-state index in [4.69, 9.17) is 11.0 Å². The number of nitrogen functional groups attached to an aromatic ring is 1. The number of nitrogens with two attached hydrogens (primary N) is 1. The van der Waals surface area contributed by atoms with Gasteiger partial charge in [0, 0.05) is 10.2 Å². The maximum absolute atomic E-state index is 13.1. The number of rotatable bonds is 1. The Kier molecular flexibility index (Phi) is 3.14. The van der Waals surface area contributed by atoms with E-state index in [0.29, 0.717) is 15.9 Å². The van der Waals surface area contributed by atoms with Crippen LogP contribution < -0.4 is 5.73 Å². The van der Waals surface area contributed by atoms with E-state index in [1.165, 1.54) is 12.1 Å². The average molecular weight is 308 g/mol. The molecule has 2 rings (SSSR count). The standard InChI is InChI=1S/C13H11BrFN3/c1-7-8(2)18(13(17)10(7)6-16)12-4-3-9(15)5-11(12)14/h3-5H,17H2,1-2H3. The Labute approximate surface area is 113 Å². The summed E-state index contributed by atoms with van der Waals surface area (Å²) in [6.45, 7) is 3.72. The van der Waals surface area contributed by atoms with Gasteiger partial charge in [0.1, 0.15) is 17.7 Å². The van der Waals surface area contributed by atoms with E-state index in [-0.39, 0.29) is 5.82 Å². The van der Waals surface area contributed by atoms with Gasteiger partial charge in [-0.25, -0.2) is 4.39 Å². The van der Waals surface area contributed by atoms with Gasteiger partial charge in [-0.3, -0.25) is 4.57 Å². The van der Waals surface area contributed by atoms with Crippen molar-refractivity contribution in [2.24, 2.45) is 0 Å². The predicted molar refractivity (Wildman–Crippen MR) is 72.0 cm³/mol. The molecule has 92 valence electrons. The minimum Gasteiger partial charge on any atom is -0.384 e. The van der Waals surface area contributed by atoms with Crippen molar-refractivity contribution in [2.45, 2.75) is 13.8 Å². The van der Waals surface area contributed by atoms with E-state index in [2.05, 4.69) is 22.0 Å². The summed E-state index contributed by atoms with van der Waals surface area (Å²) in [4.78, 5) is 0. The minimum absolute atomic E-state index is 0.328. The van der Waals surface area contributed by atoms with Crippen LogP contribution in [0.5, 0.6) is 0 Å². The van der Waals surface area contributed by atoms with Gasteiger partial charge < -0.3 is 5.73 Å². The average Bonchev–Trinajstić information content (AvgIpc) is 2.52. The molecule has 0 aliphatic heterocycles. The maximum atomic E-state index is 13.1. The third kappa shape index (κ3) is 1.79. The van der Waals surface area contributed by atoms with Gasteiger partial charge in [-0.05, 0) is 53.5 Å². The molecule has 0 aliphatic rings. The van der Waals surface area contributed by atoms with Crippen LogP contribution in [0.3, 0.4) is 0 Å². The Balaban J connectivity index is 2.77. The lowest BCUT2D eigenvalue weighted by molar-refractivity contribution is 0.626. The molecule has 0 bridgehead atoms. The summed E-state index contributed by atoms with van der Waals surface area (Å²) in [7, 11) is 0. The number of hydrogen-bond donors (Lipinski definition) is 1. The third-order valence-electron chi connectivity index (χ3n) is 3.01. The zero-order chi connectivity index (χ0) is 13.4. The summed E-state index contributed by atoms with van der Waals surface area (Å²) in [6, 6.07) is 6.45. The van der Waals surface area contributed by atoms with Gasteiger partial charge in [-0.2, -0.15) is 5.26 Å². The molecule has 1 aromatic heterocycles. The number of nitrogens with zero attached hydrogens (tertiary/aromatic N) is 2. The fraction of sp³-hybridized carbons (Fsp3) is 0.154. The quantitative estimate of drug-likeness (QED) is 0.877. The molecule has 0 aliphatic carbocycles. The monoisotopic (exact) mass is 307 g/mol. The van der Waals surface area contributed by atoms with Crippen molar-refractivity contribution in [3.8, 4) is 11.8 Å². The first kappa shape index (κ1) is 12.7. The lowest BCUT2D eigenvalue weighted by Gasteiger charge is -2.11. The molecule has 0 fully saturated rings. The van der Waals surface area contributed by atoms with Gasteiger partial charge in [0.2, 0.25) is 0 Å². The van der Waals surface area contributed by atoms with Crippen LogP contribution in [-0.4, -0.2) is 4.57 Å². The molecule has 2 aromatic rings. The van der Waals surface area contributed by atoms with E-state index < -0.39 is 0 Å². The molecule has 5 heteroatoms. The Morgan fingerprint density at radius 3 is 2.56 bits per heavy atom. The SMILES string of the molecule is Cc1c(C#N)c(N)n(-c2ccc(F)cc2Br)c1C. The van der Waals surface area contributed by atoms with Gasteiger partial charge in [-0.15, -0.1) is 0 Å². The van der Waals surface area contributed by atoms with Crippen LogP contribution in [0.2, 0.25) is 0 Å². The van der Waals surface area contributed by atoms with Crippen LogP contribution >= 0.6 is 15.9 Å². The summed E-state index contributed by atoms with van der Waals surface area (Å²) in [5.41, 5.74) is 8.87. The Morgan fingerprint density at radius 1 is 1.39 bits per heavy atom. The molecule has 0 spiro atoms. The topological polar surface area (TPSA) is 54.7 Å². The lowest BCUT2D eigenvalue weighted by Crippen LogP contribution is -2.03. The van der Waals surface area contributed by atoms with E-state index in [1.54, 1.807) is 10.6 Å². The molecule has 1 heterocycles. The van der Waals surface area contributed by atoms with E-state index in [0.717, 1.165) is 16.9 Å². The van der Waals surface area contributed by atoms with E-state index in [1.807, 2.05) is 13.8 Å². The number of benzene rings is 1. The summed E-state index contributed by atoms with van der Waals surface area (Å²) >= 11 is 3.31. The van der Waals surface area contributed by atoms with Crippen molar-refractivity contribution in [1.82, 2.24) is 4.57 Å². The van der Waals surface area contributed by atoms with Crippen LogP contribution in [-0.2, 0) is 0 Å². The van der Waals surface area contributed by atoms with Gasteiger partial charge in [0.05, 0.1) is 11.3 Å².